The standard InChI is InChI=1S/C11H6FNO2/c12-10-6-8(3-1-2-4-13)5-9(7-10)11(14)15/h5-7H,2H2,(H,14,15). The van der Waals surface area contributed by atoms with Crippen LogP contribution in [0.2, 0.25) is 0 Å². The van der Waals surface area contributed by atoms with E-state index in [9.17, 15) is 9.18 Å². The smallest absolute Gasteiger partial charge is 0.335 e. The first kappa shape index (κ1) is 10.7. The molecule has 0 bridgehead atoms. The van der Waals surface area contributed by atoms with Crippen molar-refractivity contribution in [3.05, 3.63) is 35.1 Å². The second-order valence-electron chi connectivity index (χ2n) is 2.67. The molecule has 0 aliphatic carbocycles. The summed E-state index contributed by atoms with van der Waals surface area (Å²) in [5.41, 5.74) is 0.0962. The Kier molecular flexibility index (Phi) is 3.43. The monoisotopic (exact) mass is 203 g/mol. The van der Waals surface area contributed by atoms with Gasteiger partial charge < -0.3 is 5.11 Å². The number of rotatable bonds is 1. The molecular weight excluding hydrogens is 197 g/mol. The molecule has 0 heterocycles. The van der Waals surface area contributed by atoms with Crippen LogP contribution in [0.5, 0.6) is 0 Å². The fourth-order valence-electron chi connectivity index (χ4n) is 0.971. The zero-order chi connectivity index (χ0) is 11.3. The zero-order valence-corrected chi connectivity index (χ0v) is 7.62. The van der Waals surface area contributed by atoms with E-state index in [1.165, 1.54) is 6.07 Å². The minimum atomic E-state index is -1.21. The second kappa shape index (κ2) is 4.78. The summed E-state index contributed by atoms with van der Waals surface area (Å²) in [5, 5.41) is 16.9. The fourth-order valence-corrected chi connectivity index (χ4v) is 0.971. The molecule has 0 atom stereocenters. The molecule has 1 aromatic carbocycles. The summed E-state index contributed by atoms with van der Waals surface area (Å²) in [5.74, 6) is 3.11. The number of nitrogens with zero attached hydrogens (tertiary/aromatic N) is 1. The van der Waals surface area contributed by atoms with Crippen LogP contribution in [-0.4, -0.2) is 11.1 Å². The van der Waals surface area contributed by atoms with Crippen molar-refractivity contribution in [3.8, 4) is 17.9 Å². The van der Waals surface area contributed by atoms with Crippen molar-refractivity contribution in [1.82, 2.24) is 0 Å². The van der Waals surface area contributed by atoms with E-state index in [2.05, 4.69) is 11.8 Å². The van der Waals surface area contributed by atoms with Crippen LogP contribution in [0.3, 0.4) is 0 Å². The van der Waals surface area contributed by atoms with Crippen molar-refractivity contribution < 1.29 is 14.3 Å². The molecule has 4 heteroatoms. The highest BCUT2D eigenvalue weighted by Gasteiger charge is 2.05. The van der Waals surface area contributed by atoms with Gasteiger partial charge in [-0.2, -0.15) is 5.26 Å². The van der Waals surface area contributed by atoms with Gasteiger partial charge in [0.1, 0.15) is 5.82 Å². The van der Waals surface area contributed by atoms with Gasteiger partial charge in [-0.05, 0) is 18.2 Å². The Balaban J connectivity index is 3.07. The van der Waals surface area contributed by atoms with Crippen molar-refractivity contribution in [2.24, 2.45) is 0 Å². The molecule has 0 spiro atoms. The van der Waals surface area contributed by atoms with Crippen LogP contribution < -0.4 is 0 Å². The van der Waals surface area contributed by atoms with Gasteiger partial charge in [-0.3, -0.25) is 0 Å². The molecule has 1 N–H and O–H groups in total. The number of hydrogen-bond donors (Lipinski definition) is 1. The van der Waals surface area contributed by atoms with Crippen LogP contribution >= 0.6 is 0 Å². The lowest BCUT2D eigenvalue weighted by atomic mass is 10.1. The van der Waals surface area contributed by atoms with Crippen molar-refractivity contribution in [2.45, 2.75) is 6.42 Å². The number of carboxylic acids is 1. The van der Waals surface area contributed by atoms with Gasteiger partial charge in [0.15, 0.2) is 0 Å². The normalized spacial score (nSPS) is 8.53. The highest BCUT2D eigenvalue weighted by molar-refractivity contribution is 5.88. The minimum absolute atomic E-state index is 0.0267. The van der Waals surface area contributed by atoms with Crippen LogP contribution in [0.25, 0.3) is 0 Å². The van der Waals surface area contributed by atoms with E-state index in [1.54, 1.807) is 6.07 Å². The third-order valence-corrected chi connectivity index (χ3v) is 1.54. The van der Waals surface area contributed by atoms with Crippen LogP contribution in [0, 0.1) is 29.0 Å². The highest BCUT2D eigenvalue weighted by atomic mass is 19.1. The average Bonchev–Trinajstić information content (AvgIpc) is 2.17. The molecule has 74 valence electrons. The molecule has 0 radical (unpaired) electrons. The molecule has 0 unspecified atom stereocenters. The molecule has 0 aliphatic rings. The molecule has 0 aromatic heterocycles. The van der Waals surface area contributed by atoms with Gasteiger partial charge in [0, 0.05) is 5.56 Å². The van der Waals surface area contributed by atoms with Crippen LogP contribution in [0.1, 0.15) is 22.3 Å². The topological polar surface area (TPSA) is 61.1 Å². The summed E-state index contributed by atoms with van der Waals surface area (Å²) in [7, 11) is 0. The third-order valence-electron chi connectivity index (χ3n) is 1.54. The van der Waals surface area contributed by atoms with Crippen molar-refractivity contribution in [3.63, 3.8) is 0 Å². The number of carbonyl (C=O) groups is 1. The second-order valence-corrected chi connectivity index (χ2v) is 2.67. The van der Waals surface area contributed by atoms with Crippen LogP contribution in [0.15, 0.2) is 18.2 Å². The number of carboxylic acid groups (broad SMARTS) is 1. The van der Waals surface area contributed by atoms with E-state index in [4.69, 9.17) is 10.4 Å². The van der Waals surface area contributed by atoms with E-state index < -0.39 is 11.8 Å². The molecule has 15 heavy (non-hydrogen) atoms. The Morgan fingerprint density at radius 2 is 2.20 bits per heavy atom. The molecular formula is C11H6FNO2. The summed E-state index contributed by atoms with van der Waals surface area (Å²) in [6.45, 7) is 0. The fraction of sp³-hybridized carbons (Fsp3) is 0.0909. The Morgan fingerprint density at radius 3 is 2.80 bits per heavy atom. The van der Waals surface area contributed by atoms with E-state index >= 15 is 0 Å². The number of benzene rings is 1. The third kappa shape index (κ3) is 3.13. The van der Waals surface area contributed by atoms with Crippen molar-refractivity contribution in [2.75, 3.05) is 0 Å². The van der Waals surface area contributed by atoms with Gasteiger partial charge in [0.2, 0.25) is 0 Å². The summed E-state index contributed by atoms with van der Waals surface area (Å²) in [6, 6.07) is 5.10. The van der Waals surface area contributed by atoms with Gasteiger partial charge in [0.05, 0.1) is 18.1 Å². The first-order chi connectivity index (χ1) is 7.13. The Bertz CT molecular complexity index is 492. The maximum Gasteiger partial charge on any atom is 0.335 e. The summed E-state index contributed by atoms with van der Waals surface area (Å²) in [4.78, 5) is 10.6. The SMILES string of the molecule is N#CCC#Cc1cc(F)cc(C(=O)O)c1. The Morgan fingerprint density at radius 1 is 1.47 bits per heavy atom. The summed E-state index contributed by atoms with van der Waals surface area (Å²) >= 11 is 0. The molecule has 0 fully saturated rings. The maximum atomic E-state index is 12.9. The number of hydrogen-bond acceptors (Lipinski definition) is 2. The molecule has 0 aliphatic heterocycles. The lowest BCUT2D eigenvalue weighted by molar-refractivity contribution is 0.0696. The Hall–Kier alpha value is -2.33. The molecule has 1 aromatic rings. The quantitative estimate of drug-likeness (QED) is 0.708. The molecule has 0 saturated heterocycles. The lowest BCUT2D eigenvalue weighted by Gasteiger charge is -1.96. The van der Waals surface area contributed by atoms with E-state index in [0.29, 0.717) is 0 Å². The van der Waals surface area contributed by atoms with Gasteiger partial charge >= 0.3 is 5.97 Å². The predicted octanol–water partition coefficient (Wildman–Crippen LogP) is 1.79. The van der Waals surface area contributed by atoms with Gasteiger partial charge in [-0.25, -0.2) is 9.18 Å². The Labute approximate surface area is 85.8 Å². The van der Waals surface area contributed by atoms with E-state index in [1.807, 2.05) is 0 Å². The highest BCUT2D eigenvalue weighted by Crippen LogP contribution is 2.08. The maximum absolute atomic E-state index is 12.9. The molecule has 3 nitrogen and oxygen atoms in total. The van der Waals surface area contributed by atoms with E-state index in [-0.39, 0.29) is 17.5 Å². The first-order valence-electron chi connectivity index (χ1n) is 4.03. The summed E-state index contributed by atoms with van der Waals surface area (Å²) in [6.07, 6.45) is 0.0267. The molecule has 0 amide bonds. The van der Waals surface area contributed by atoms with E-state index in [0.717, 1.165) is 12.1 Å². The number of halogens is 1. The van der Waals surface area contributed by atoms with Crippen LogP contribution in [0.4, 0.5) is 4.39 Å². The van der Waals surface area contributed by atoms with Gasteiger partial charge in [-0.1, -0.05) is 11.8 Å². The van der Waals surface area contributed by atoms with Crippen molar-refractivity contribution in [1.29, 1.82) is 5.26 Å². The average molecular weight is 203 g/mol. The van der Waals surface area contributed by atoms with Crippen molar-refractivity contribution >= 4 is 5.97 Å². The minimum Gasteiger partial charge on any atom is -0.478 e. The van der Waals surface area contributed by atoms with Crippen LogP contribution in [-0.2, 0) is 0 Å². The lowest BCUT2D eigenvalue weighted by Crippen LogP contribution is -1.97. The molecule has 1 rings (SSSR count). The number of aromatic carboxylic acids is 1. The molecule has 0 saturated carbocycles. The first-order valence-corrected chi connectivity index (χ1v) is 4.03. The largest absolute Gasteiger partial charge is 0.478 e. The predicted molar refractivity (Wildman–Crippen MR) is 50.5 cm³/mol. The van der Waals surface area contributed by atoms with Gasteiger partial charge in [-0.15, -0.1) is 0 Å². The number of nitriles is 1. The zero-order valence-electron chi connectivity index (χ0n) is 7.62. The van der Waals surface area contributed by atoms with Gasteiger partial charge in [0.25, 0.3) is 0 Å². The summed E-state index contributed by atoms with van der Waals surface area (Å²) < 4.78 is 12.9.